The minimum Gasteiger partial charge on any atom is -0.344 e. The minimum atomic E-state index is -1.20. The molecule has 4 heteroatoms. The summed E-state index contributed by atoms with van der Waals surface area (Å²) in [6.07, 6.45) is 1.87. The van der Waals surface area contributed by atoms with E-state index in [0.717, 1.165) is 22.0 Å². The van der Waals surface area contributed by atoms with E-state index in [-0.39, 0.29) is 0 Å². The van der Waals surface area contributed by atoms with Gasteiger partial charge in [0.05, 0.1) is 0 Å². The molecule has 0 saturated heterocycles. The van der Waals surface area contributed by atoms with Crippen LogP contribution < -0.4 is 10.2 Å². The largest absolute Gasteiger partial charge is 0.426 e. The van der Waals surface area contributed by atoms with Gasteiger partial charge in [0.1, 0.15) is 0 Å². The fraction of sp³-hybridized carbons (Fsp3) is 0.0400. The van der Waals surface area contributed by atoms with E-state index >= 15 is 0 Å². The van der Waals surface area contributed by atoms with Crippen LogP contribution in [0.15, 0.2) is 97.3 Å². The molecular weight excluding hydrogens is 393 g/mol. The van der Waals surface area contributed by atoms with Crippen LogP contribution in [0.3, 0.4) is 0 Å². The van der Waals surface area contributed by atoms with Gasteiger partial charge >= 0.3 is 6.92 Å². The van der Waals surface area contributed by atoms with Crippen molar-refractivity contribution in [2.75, 3.05) is 11.9 Å². The smallest absolute Gasteiger partial charge is 0.344 e. The number of benzene rings is 4. The number of rotatable bonds is 3. The molecule has 4 aromatic rings. The number of anilines is 2. The highest BCUT2D eigenvalue weighted by Gasteiger charge is 2.26. The monoisotopic (exact) mass is 412 g/mol. The number of nitrogens with zero attached hydrogens (tertiary/aromatic N) is 1. The summed E-state index contributed by atoms with van der Waals surface area (Å²) in [6, 6.07) is 31.4. The van der Waals surface area contributed by atoms with E-state index in [4.69, 9.17) is 16.3 Å². The summed E-state index contributed by atoms with van der Waals surface area (Å²) in [5, 5.41) is 3.44. The van der Waals surface area contributed by atoms with Crippen molar-refractivity contribution >= 4 is 51.8 Å². The molecule has 140 valence electrons. The zero-order valence-corrected chi connectivity index (χ0v) is 17.7. The molecule has 0 N–H and O–H groups in total. The predicted molar refractivity (Wildman–Crippen MR) is 127 cm³/mol. The summed E-state index contributed by atoms with van der Waals surface area (Å²) in [5.74, 6) is 0. The van der Waals surface area contributed by atoms with E-state index < -0.39 is 6.92 Å². The molecule has 2 nitrogen and oxygen atoms in total. The molecule has 0 aromatic heterocycles. The van der Waals surface area contributed by atoms with Crippen molar-refractivity contribution < 1.29 is 4.52 Å². The highest BCUT2D eigenvalue weighted by Crippen LogP contribution is 2.44. The Morgan fingerprint density at radius 3 is 2.07 bits per heavy atom. The van der Waals surface area contributed by atoms with Gasteiger partial charge in [0.15, 0.2) is 6.26 Å². The van der Waals surface area contributed by atoms with Gasteiger partial charge in [-0.2, -0.15) is 0 Å². The van der Waals surface area contributed by atoms with Crippen LogP contribution in [0.1, 0.15) is 11.1 Å². The lowest BCUT2D eigenvalue weighted by Gasteiger charge is -2.31. The zero-order chi connectivity index (χ0) is 19.8. The van der Waals surface area contributed by atoms with E-state index in [1.54, 1.807) is 0 Å². The van der Waals surface area contributed by atoms with Crippen molar-refractivity contribution in [3.63, 3.8) is 0 Å². The van der Waals surface area contributed by atoms with Crippen LogP contribution in [0.2, 0.25) is 0 Å². The molecule has 29 heavy (non-hydrogen) atoms. The van der Waals surface area contributed by atoms with Gasteiger partial charge in [-0.25, -0.2) is 0 Å². The van der Waals surface area contributed by atoms with Gasteiger partial charge in [-0.3, -0.25) is 4.52 Å². The third kappa shape index (κ3) is 3.13. The van der Waals surface area contributed by atoms with Gasteiger partial charge in [0.25, 0.3) is 0 Å². The quantitative estimate of drug-likeness (QED) is 0.281. The van der Waals surface area contributed by atoms with Crippen LogP contribution in [0.25, 0.3) is 16.3 Å². The van der Waals surface area contributed by atoms with Crippen LogP contribution in [0, 0.1) is 0 Å². The number of hydrogen-bond donors (Lipinski definition) is 0. The Kier molecular flexibility index (Phi) is 4.63. The highest BCUT2D eigenvalue weighted by molar-refractivity contribution is 8.06. The van der Waals surface area contributed by atoms with Crippen molar-refractivity contribution in [3.05, 3.63) is 108 Å². The van der Waals surface area contributed by atoms with E-state index in [2.05, 4.69) is 90.8 Å². The molecule has 0 spiro atoms. The number of para-hydroxylation sites is 2. The van der Waals surface area contributed by atoms with E-state index in [1.807, 2.05) is 18.4 Å². The summed E-state index contributed by atoms with van der Waals surface area (Å²) >= 11 is 5.81. The van der Waals surface area contributed by atoms with Crippen LogP contribution in [-0.2, 0) is 16.3 Å². The second-order valence-electron chi connectivity index (χ2n) is 6.99. The molecule has 1 unspecified atom stereocenters. The summed E-state index contributed by atoms with van der Waals surface area (Å²) in [4.78, 5) is 2.23. The standard InChI is InChI=1S/C25H19NOPS/c1-26-23-14-6-4-12-20(23)22(21-13-5-7-15-24(21)26)17-27-28(29)25-16-8-10-18-9-2-3-11-19(18)25/h2-17H,1H3/q+1. The van der Waals surface area contributed by atoms with Crippen molar-refractivity contribution in [1.82, 2.24) is 0 Å². The zero-order valence-electron chi connectivity index (χ0n) is 15.9. The third-order valence-corrected chi connectivity index (χ3v) is 7.27. The molecule has 0 amide bonds. The van der Waals surface area contributed by atoms with E-state index in [0.29, 0.717) is 0 Å². The number of fused-ring (bicyclic) bond motifs is 3. The Hall–Kier alpha value is -3.00. The average molecular weight is 412 g/mol. The Morgan fingerprint density at radius 2 is 1.34 bits per heavy atom. The normalized spacial score (nSPS) is 12.9. The first-order valence-electron chi connectivity index (χ1n) is 9.48. The summed E-state index contributed by atoms with van der Waals surface area (Å²) < 4.78 is 6.22. The number of hydrogen-bond acceptors (Lipinski definition) is 3. The highest BCUT2D eigenvalue weighted by atomic mass is 32.4. The van der Waals surface area contributed by atoms with Gasteiger partial charge in [-0.05, 0) is 29.7 Å². The van der Waals surface area contributed by atoms with Crippen molar-refractivity contribution in [2.45, 2.75) is 0 Å². The summed E-state index contributed by atoms with van der Waals surface area (Å²) in [6.45, 7) is -1.20. The van der Waals surface area contributed by atoms with Crippen LogP contribution in [0.4, 0.5) is 11.4 Å². The molecule has 0 fully saturated rings. The molecule has 1 heterocycles. The molecule has 4 aromatic carbocycles. The van der Waals surface area contributed by atoms with Crippen LogP contribution in [-0.4, -0.2) is 7.05 Å². The van der Waals surface area contributed by atoms with Gasteiger partial charge in [0.2, 0.25) is 17.1 Å². The fourth-order valence-corrected chi connectivity index (χ4v) is 5.44. The summed E-state index contributed by atoms with van der Waals surface area (Å²) in [5.41, 5.74) is 5.72. The van der Waals surface area contributed by atoms with Crippen LogP contribution >= 0.6 is 6.92 Å². The van der Waals surface area contributed by atoms with Gasteiger partial charge < -0.3 is 4.90 Å². The first-order chi connectivity index (χ1) is 14.2. The maximum absolute atomic E-state index is 6.22. The Labute approximate surface area is 176 Å². The SMILES string of the molecule is CN1c2ccccc2C(=CO[P+](=S)c2cccc3ccccc23)c2ccccc21. The molecule has 1 aliphatic heterocycles. The van der Waals surface area contributed by atoms with Gasteiger partial charge in [-0.1, -0.05) is 66.7 Å². The molecule has 1 aliphatic rings. The summed E-state index contributed by atoms with van der Waals surface area (Å²) in [7, 11) is 2.10. The molecule has 0 bridgehead atoms. The van der Waals surface area contributed by atoms with Crippen molar-refractivity contribution in [1.29, 1.82) is 0 Å². The molecule has 1 atom stereocenters. The lowest BCUT2D eigenvalue weighted by Crippen LogP contribution is -2.17. The average Bonchev–Trinajstić information content (AvgIpc) is 2.78. The molecule has 0 saturated carbocycles. The molecule has 0 radical (unpaired) electrons. The molecular formula is C25H19NOPS+. The molecule has 0 aliphatic carbocycles. The van der Waals surface area contributed by atoms with Crippen molar-refractivity contribution in [3.8, 4) is 0 Å². The van der Waals surface area contributed by atoms with E-state index in [9.17, 15) is 0 Å². The lowest BCUT2D eigenvalue weighted by molar-refractivity contribution is 0.558. The van der Waals surface area contributed by atoms with Gasteiger partial charge in [0, 0.05) is 40.5 Å². The molecule has 5 rings (SSSR count). The van der Waals surface area contributed by atoms with Crippen molar-refractivity contribution in [2.24, 2.45) is 0 Å². The fourth-order valence-electron chi connectivity index (χ4n) is 3.91. The second kappa shape index (κ2) is 7.44. The van der Waals surface area contributed by atoms with Gasteiger partial charge in [-0.15, -0.1) is 0 Å². The second-order valence-corrected chi connectivity index (χ2v) is 9.19. The van der Waals surface area contributed by atoms with Crippen LogP contribution in [0.5, 0.6) is 0 Å². The maximum atomic E-state index is 6.22. The topological polar surface area (TPSA) is 12.5 Å². The first kappa shape index (κ1) is 18.1. The third-order valence-electron chi connectivity index (χ3n) is 5.34. The lowest BCUT2D eigenvalue weighted by atomic mass is 9.91. The Balaban J connectivity index is 1.58. The predicted octanol–water partition coefficient (Wildman–Crippen LogP) is 6.51. The van der Waals surface area contributed by atoms with E-state index in [1.165, 1.54) is 22.1 Å². The maximum Gasteiger partial charge on any atom is 0.426 e. The minimum absolute atomic E-state index is 1.08. The Bertz CT molecular complexity index is 1230. The first-order valence-corrected chi connectivity index (χ1v) is 11.8. The Morgan fingerprint density at radius 1 is 0.759 bits per heavy atom.